The molecule has 1 unspecified atom stereocenters. The molecule has 0 aliphatic heterocycles. The van der Waals surface area contributed by atoms with Gasteiger partial charge in [0.1, 0.15) is 17.1 Å². The van der Waals surface area contributed by atoms with Crippen molar-refractivity contribution in [2.75, 3.05) is 0 Å². The highest BCUT2D eigenvalue weighted by Gasteiger charge is 2.31. The minimum atomic E-state index is -4.45. The van der Waals surface area contributed by atoms with Gasteiger partial charge in [0.2, 0.25) is 0 Å². The summed E-state index contributed by atoms with van der Waals surface area (Å²) >= 11 is 0. The molecule has 1 aromatic rings. The molecule has 0 bridgehead atoms. The van der Waals surface area contributed by atoms with Crippen molar-refractivity contribution < 1.29 is 32.2 Å². The highest BCUT2D eigenvalue weighted by Crippen LogP contribution is 2.28. The van der Waals surface area contributed by atoms with Crippen LogP contribution in [-0.2, 0) is 4.74 Å². The maximum absolute atomic E-state index is 12.4. The number of amides is 1. The second-order valence-corrected chi connectivity index (χ2v) is 5.89. The number of carbonyl (C=O) groups is 1. The lowest BCUT2D eigenvalue weighted by Gasteiger charge is -2.23. The number of halogens is 3. The third kappa shape index (κ3) is 7.57. The molecule has 0 fully saturated rings. The summed E-state index contributed by atoms with van der Waals surface area (Å²) in [6, 6.07) is 0.462. The Morgan fingerprint density at radius 2 is 1.96 bits per heavy atom. The second-order valence-electron chi connectivity index (χ2n) is 5.89. The summed E-state index contributed by atoms with van der Waals surface area (Å²) in [5.41, 5.74) is -1.79. The van der Waals surface area contributed by atoms with Crippen LogP contribution in [0.3, 0.4) is 0 Å². The van der Waals surface area contributed by atoms with Crippen molar-refractivity contribution in [3.8, 4) is 5.75 Å². The Bertz CT molecular complexity index is 604. The predicted molar refractivity (Wildman–Crippen MR) is 74.0 cm³/mol. The quantitative estimate of drug-likeness (QED) is 0.880. The van der Waals surface area contributed by atoms with Gasteiger partial charge in [-0.1, -0.05) is 0 Å². The van der Waals surface area contributed by atoms with E-state index in [1.807, 2.05) is 0 Å². The normalized spacial score (nSPS) is 13.5. The molecule has 6 nitrogen and oxygen atoms in total. The van der Waals surface area contributed by atoms with E-state index in [1.165, 1.54) is 0 Å². The summed E-state index contributed by atoms with van der Waals surface area (Å²) in [5, 5.41) is 11.6. The Morgan fingerprint density at radius 3 is 2.43 bits per heavy atom. The first-order valence-corrected chi connectivity index (χ1v) is 6.76. The molecule has 0 radical (unpaired) electrons. The molecule has 0 aliphatic carbocycles. The van der Waals surface area contributed by atoms with Crippen LogP contribution in [-0.4, -0.2) is 23.0 Å². The van der Waals surface area contributed by atoms with E-state index in [0.29, 0.717) is 0 Å². The van der Waals surface area contributed by atoms with Gasteiger partial charge in [-0.15, -0.1) is 0 Å². The molecule has 1 heterocycles. The van der Waals surface area contributed by atoms with E-state index >= 15 is 0 Å². The molecule has 1 amide bonds. The van der Waals surface area contributed by atoms with Gasteiger partial charge < -0.3 is 19.6 Å². The van der Waals surface area contributed by atoms with Gasteiger partial charge in [-0.05, 0) is 27.2 Å². The highest BCUT2D eigenvalue weighted by molar-refractivity contribution is 5.68. The minimum Gasteiger partial charge on any atom is -0.508 e. The van der Waals surface area contributed by atoms with Gasteiger partial charge in [0.25, 0.3) is 0 Å². The SMILES string of the molecule is CC(C)(C)OC(=O)NC(CCC(F)(F)F)c1cc(O)cc(=O)o1. The van der Waals surface area contributed by atoms with Crippen molar-refractivity contribution in [3.63, 3.8) is 0 Å². The summed E-state index contributed by atoms with van der Waals surface area (Å²) in [6.07, 6.45) is -7.21. The van der Waals surface area contributed by atoms with E-state index in [2.05, 4.69) is 5.32 Å². The third-order valence-corrected chi connectivity index (χ3v) is 2.53. The Hall–Kier alpha value is -2.19. The molecule has 0 aliphatic rings. The van der Waals surface area contributed by atoms with Crippen molar-refractivity contribution in [2.45, 2.75) is 51.4 Å². The van der Waals surface area contributed by atoms with Gasteiger partial charge in [-0.25, -0.2) is 9.59 Å². The van der Waals surface area contributed by atoms with Gasteiger partial charge in [-0.2, -0.15) is 13.2 Å². The lowest BCUT2D eigenvalue weighted by Crippen LogP contribution is -2.35. The molecule has 0 saturated carbocycles. The lowest BCUT2D eigenvalue weighted by molar-refractivity contribution is -0.137. The summed E-state index contributed by atoms with van der Waals surface area (Å²) in [6.45, 7) is 4.77. The van der Waals surface area contributed by atoms with Gasteiger partial charge in [-0.3, -0.25) is 0 Å². The molecule has 2 N–H and O–H groups in total. The zero-order valence-corrected chi connectivity index (χ0v) is 12.9. The number of rotatable bonds is 4. The zero-order chi connectivity index (χ0) is 17.8. The first-order valence-electron chi connectivity index (χ1n) is 6.76. The number of alkyl carbamates (subject to hydrolysis) is 1. The summed E-state index contributed by atoms with van der Waals surface area (Å²) < 4.78 is 47.0. The zero-order valence-electron chi connectivity index (χ0n) is 12.9. The maximum atomic E-state index is 12.4. The molecule has 23 heavy (non-hydrogen) atoms. The largest absolute Gasteiger partial charge is 0.508 e. The van der Waals surface area contributed by atoms with Crippen LogP contribution >= 0.6 is 0 Å². The second kappa shape index (κ2) is 6.93. The van der Waals surface area contributed by atoms with Gasteiger partial charge in [0.05, 0.1) is 12.1 Å². The first kappa shape index (κ1) is 18.9. The number of carbonyl (C=O) groups excluding carboxylic acids is 1. The average molecular weight is 337 g/mol. The Labute approximate surface area is 130 Å². The van der Waals surface area contributed by atoms with Crippen LogP contribution in [0.1, 0.15) is 45.4 Å². The summed E-state index contributed by atoms with van der Waals surface area (Å²) in [4.78, 5) is 23.0. The minimum absolute atomic E-state index is 0.287. The van der Waals surface area contributed by atoms with Crippen molar-refractivity contribution in [2.24, 2.45) is 0 Å². The number of alkyl halides is 3. The molecule has 0 saturated heterocycles. The number of aromatic hydroxyl groups is 1. The van der Waals surface area contributed by atoms with E-state index in [9.17, 15) is 27.9 Å². The molecular formula is C14H18F3NO5. The Balaban J connectivity index is 2.97. The molecule has 130 valence electrons. The van der Waals surface area contributed by atoms with Gasteiger partial charge >= 0.3 is 17.9 Å². The molecule has 0 aromatic carbocycles. The number of hydrogen-bond acceptors (Lipinski definition) is 5. The molecule has 1 atom stereocenters. The van der Waals surface area contributed by atoms with Crippen LogP contribution in [0.4, 0.5) is 18.0 Å². The van der Waals surface area contributed by atoms with E-state index in [0.717, 1.165) is 12.1 Å². The molecular weight excluding hydrogens is 319 g/mol. The van der Waals surface area contributed by atoms with Crippen LogP contribution in [0.2, 0.25) is 0 Å². The van der Waals surface area contributed by atoms with Crippen molar-refractivity contribution in [1.29, 1.82) is 0 Å². The van der Waals surface area contributed by atoms with Crippen LogP contribution in [0.5, 0.6) is 5.75 Å². The molecule has 0 spiro atoms. The number of nitrogens with one attached hydrogen (secondary N) is 1. The monoisotopic (exact) mass is 337 g/mol. The molecule has 9 heteroatoms. The fourth-order valence-electron chi connectivity index (χ4n) is 1.70. The van der Waals surface area contributed by atoms with Gasteiger partial charge in [0, 0.05) is 12.5 Å². The Morgan fingerprint density at radius 1 is 1.35 bits per heavy atom. The predicted octanol–water partition coefficient (Wildman–Crippen LogP) is 3.25. The van der Waals surface area contributed by atoms with E-state index in [4.69, 9.17) is 9.15 Å². The smallest absolute Gasteiger partial charge is 0.408 e. The fraction of sp³-hybridized carbons (Fsp3) is 0.571. The van der Waals surface area contributed by atoms with Crippen molar-refractivity contribution >= 4 is 6.09 Å². The lowest BCUT2D eigenvalue weighted by atomic mass is 10.1. The number of ether oxygens (including phenoxy) is 1. The fourth-order valence-corrected chi connectivity index (χ4v) is 1.70. The Kier molecular flexibility index (Phi) is 5.68. The summed E-state index contributed by atoms with van der Waals surface area (Å²) in [5.74, 6) is -0.760. The molecule has 1 aromatic heterocycles. The standard InChI is InChI=1S/C14H18F3NO5/c1-13(2,3)23-12(21)18-9(4-5-14(15,16)17)10-6-8(19)7-11(20)22-10/h6-7,9,19H,4-5H2,1-3H3,(H,18,21). The van der Waals surface area contributed by atoms with E-state index < -0.39 is 48.1 Å². The highest BCUT2D eigenvalue weighted by atomic mass is 19.4. The summed E-state index contributed by atoms with van der Waals surface area (Å²) in [7, 11) is 0. The van der Waals surface area contributed by atoms with Crippen LogP contribution in [0, 0.1) is 0 Å². The number of hydrogen-bond donors (Lipinski definition) is 2. The average Bonchev–Trinajstić information content (AvgIpc) is 2.29. The van der Waals surface area contributed by atoms with E-state index in [1.54, 1.807) is 20.8 Å². The van der Waals surface area contributed by atoms with Crippen molar-refractivity contribution in [1.82, 2.24) is 5.32 Å². The van der Waals surface area contributed by atoms with E-state index in [-0.39, 0.29) is 5.76 Å². The first-order chi connectivity index (χ1) is 10.4. The van der Waals surface area contributed by atoms with Crippen LogP contribution in [0.15, 0.2) is 21.3 Å². The van der Waals surface area contributed by atoms with Gasteiger partial charge in [0.15, 0.2) is 0 Å². The van der Waals surface area contributed by atoms with Crippen LogP contribution in [0.25, 0.3) is 0 Å². The molecule has 1 rings (SSSR count). The van der Waals surface area contributed by atoms with Crippen molar-refractivity contribution in [3.05, 3.63) is 28.3 Å². The topological polar surface area (TPSA) is 88.8 Å². The third-order valence-electron chi connectivity index (χ3n) is 2.53. The van der Waals surface area contributed by atoms with Crippen LogP contribution < -0.4 is 10.9 Å². The maximum Gasteiger partial charge on any atom is 0.408 e.